The van der Waals surface area contributed by atoms with Crippen LogP contribution >= 0.6 is 12.4 Å². The van der Waals surface area contributed by atoms with Gasteiger partial charge in [0.05, 0.1) is 6.61 Å². The fraction of sp³-hybridized carbons (Fsp3) is 1.00. The number of hydrogen-bond donors (Lipinski definition) is 3. The summed E-state index contributed by atoms with van der Waals surface area (Å²) in [5.41, 5.74) is 0. The van der Waals surface area contributed by atoms with Crippen molar-refractivity contribution in [2.45, 2.75) is 19.0 Å². The SMILES string of the molecule is C[C@H]1CN[C@H](CO)CN1.Cl. The summed E-state index contributed by atoms with van der Waals surface area (Å²) >= 11 is 0. The largest absolute Gasteiger partial charge is 0.395 e. The summed E-state index contributed by atoms with van der Waals surface area (Å²) in [5, 5.41) is 15.1. The van der Waals surface area contributed by atoms with Crippen LogP contribution in [0.2, 0.25) is 0 Å². The molecular weight excluding hydrogens is 152 g/mol. The molecule has 0 radical (unpaired) electrons. The first kappa shape index (κ1) is 10.2. The molecule has 1 rings (SSSR count). The zero-order valence-corrected chi connectivity index (χ0v) is 6.95. The number of hydrogen-bond acceptors (Lipinski definition) is 3. The van der Waals surface area contributed by atoms with Crippen LogP contribution in [0.4, 0.5) is 0 Å². The molecule has 2 atom stereocenters. The molecule has 0 spiro atoms. The molecule has 4 heteroatoms. The zero-order chi connectivity index (χ0) is 6.69. The molecular formula is C6H15ClN2O. The third-order valence-electron chi connectivity index (χ3n) is 1.65. The standard InChI is InChI=1S/C6H14N2O.ClH/c1-5-2-8-6(4-9)3-7-5;/h5-9H,2-4H2,1H3;1H/t5-,6-;/m0./s1. The molecule has 0 unspecified atom stereocenters. The summed E-state index contributed by atoms with van der Waals surface area (Å²) in [7, 11) is 0. The quantitative estimate of drug-likeness (QED) is 0.485. The second-order valence-electron chi connectivity index (χ2n) is 2.60. The number of rotatable bonds is 1. The molecule has 62 valence electrons. The summed E-state index contributed by atoms with van der Waals surface area (Å²) in [6.45, 7) is 4.21. The summed E-state index contributed by atoms with van der Waals surface area (Å²) in [6, 6.07) is 0.814. The molecule has 0 aromatic rings. The van der Waals surface area contributed by atoms with E-state index in [1.807, 2.05) is 0 Å². The molecule has 0 aromatic heterocycles. The van der Waals surface area contributed by atoms with Crippen LogP contribution in [-0.2, 0) is 0 Å². The van der Waals surface area contributed by atoms with Crippen molar-refractivity contribution in [1.82, 2.24) is 10.6 Å². The van der Waals surface area contributed by atoms with Gasteiger partial charge in [0.2, 0.25) is 0 Å². The highest BCUT2D eigenvalue weighted by Crippen LogP contribution is 1.90. The van der Waals surface area contributed by atoms with Crippen LogP contribution in [0, 0.1) is 0 Å². The number of halogens is 1. The Bertz CT molecular complexity index is 83.8. The number of aliphatic hydroxyl groups is 1. The van der Waals surface area contributed by atoms with Crippen LogP contribution in [-0.4, -0.2) is 36.9 Å². The fourth-order valence-corrected chi connectivity index (χ4v) is 0.960. The van der Waals surface area contributed by atoms with Crippen LogP contribution in [0.1, 0.15) is 6.92 Å². The van der Waals surface area contributed by atoms with E-state index in [0.29, 0.717) is 6.04 Å². The lowest BCUT2D eigenvalue weighted by atomic mass is 10.2. The van der Waals surface area contributed by atoms with E-state index in [4.69, 9.17) is 5.11 Å². The van der Waals surface area contributed by atoms with Crippen LogP contribution in [0.25, 0.3) is 0 Å². The maximum Gasteiger partial charge on any atom is 0.0597 e. The zero-order valence-electron chi connectivity index (χ0n) is 6.13. The first-order valence-corrected chi connectivity index (χ1v) is 3.40. The Morgan fingerprint density at radius 1 is 1.40 bits per heavy atom. The van der Waals surface area contributed by atoms with E-state index in [2.05, 4.69) is 17.6 Å². The van der Waals surface area contributed by atoms with Crippen LogP contribution in [0.5, 0.6) is 0 Å². The van der Waals surface area contributed by atoms with Crippen LogP contribution in [0.15, 0.2) is 0 Å². The van der Waals surface area contributed by atoms with Crippen molar-refractivity contribution >= 4 is 12.4 Å². The fourth-order valence-electron chi connectivity index (χ4n) is 0.960. The first-order valence-electron chi connectivity index (χ1n) is 3.40. The monoisotopic (exact) mass is 166 g/mol. The molecule has 0 aromatic carbocycles. The van der Waals surface area contributed by atoms with Crippen molar-refractivity contribution in [2.24, 2.45) is 0 Å². The highest BCUT2D eigenvalue weighted by molar-refractivity contribution is 5.85. The molecule has 0 bridgehead atoms. The summed E-state index contributed by atoms with van der Waals surface area (Å²) in [6.07, 6.45) is 0. The van der Waals surface area contributed by atoms with Gasteiger partial charge in [-0.15, -0.1) is 12.4 Å². The lowest BCUT2D eigenvalue weighted by Crippen LogP contribution is -2.54. The topological polar surface area (TPSA) is 44.3 Å². The van der Waals surface area contributed by atoms with Gasteiger partial charge in [0, 0.05) is 25.2 Å². The van der Waals surface area contributed by atoms with E-state index in [1.54, 1.807) is 0 Å². The molecule has 3 nitrogen and oxygen atoms in total. The molecule has 0 aliphatic carbocycles. The first-order chi connectivity index (χ1) is 4.33. The molecule has 1 aliphatic rings. The van der Waals surface area contributed by atoms with Gasteiger partial charge in [-0.25, -0.2) is 0 Å². The van der Waals surface area contributed by atoms with Gasteiger partial charge in [-0.3, -0.25) is 0 Å². The average Bonchev–Trinajstić information content (AvgIpc) is 1.90. The number of nitrogens with one attached hydrogen (secondary N) is 2. The van der Waals surface area contributed by atoms with Crippen molar-refractivity contribution in [3.8, 4) is 0 Å². The Balaban J connectivity index is 0.000000810. The Hall–Kier alpha value is 0.170. The molecule has 1 heterocycles. The minimum absolute atomic E-state index is 0. The highest BCUT2D eigenvalue weighted by Gasteiger charge is 2.14. The normalized spacial score (nSPS) is 33.0. The van der Waals surface area contributed by atoms with Crippen molar-refractivity contribution in [2.75, 3.05) is 19.7 Å². The van der Waals surface area contributed by atoms with Gasteiger partial charge in [-0.2, -0.15) is 0 Å². The summed E-state index contributed by atoms with van der Waals surface area (Å²) < 4.78 is 0. The van der Waals surface area contributed by atoms with E-state index in [0.717, 1.165) is 13.1 Å². The minimum Gasteiger partial charge on any atom is -0.395 e. The minimum atomic E-state index is 0. The third kappa shape index (κ3) is 2.84. The van der Waals surface area contributed by atoms with E-state index in [9.17, 15) is 0 Å². The van der Waals surface area contributed by atoms with Gasteiger partial charge in [-0.1, -0.05) is 0 Å². The van der Waals surface area contributed by atoms with Gasteiger partial charge < -0.3 is 15.7 Å². The van der Waals surface area contributed by atoms with Crippen molar-refractivity contribution in [3.05, 3.63) is 0 Å². The number of aliphatic hydroxyl groups excluding tert-OH is 1. The predicted octanol–water partition coefficient (Wildman–Crippen LogP) is -0.650. The lowest BCUT2D eigenvalue weighted by molar-refractivity contribution is 0.216. The smallest absolute Gasteiger partial charge is 0.0597 e. The Morgan fingerprint density at radius 3 is 2.50 bits per heavy atom. The molecule has 0 saturated carbocycles. The summed E-state index contributed by atoms with van der Waals surface area (Å²) in [4.78, 5) is 0. The number of piperazine rings is 1. The van der Waals surface area contributed by atoms with Crippen molar-refractivity contribution in [1.29, 1.82) is 0 Å². The van der Waals surface area contributed by atoms with Gasteiger partial charge in [-0.05, 0) is 6.92 Å². The third-order valence-corrected chi connectivity index (χ3v) is 1.65. The Labute approximate surface area is 67.6 Å². The maximum absolute atomic E-state index is 8.67. The van der Waals surface area contributed by atoms with E-state index < -0.39 is 0 Å². The van der Waals surface area contributed by atoms with Crippen LogP contribution < -0.4 is 10.6 Å². The van der Waals surface area contributed by atoms with E-state index in [1.165, 1.54) is 0 Å². The Morgan fingerprint density at radius 2 is 2.10 bits per heavy atom. The molecule has 0 amide bonds. The highest BCUT2D eigenvalue weighted by atomic mass is 35.5. The maximum atomic E-state index is 8.67. The molecule has 1 saturated heterocycles. The van der Waals surface area contributed by atoms with Crippen molar-refractivity contribution < 1.29 is 5.11 Å². The van der Waals surface area contributed by atoms with Gasteiger partial charge in [0.15, 0.2) is 0 Å². The van der Waals surface area contributed by atoms with Gasteiger partial charge in [0.1, 0.15) is 0 Å². The van der Waals surface area contributed by atoms with E-state index >= 15 is 0 Å². The van der Waals surface area contributed by atoms with Gasteiger partial charge >= 0.3 is 0 Å². The summed E-state index contributed by atoms with van der Waals surface area (Å²) in [5.74, 6) is 0. The molecule has 3 N–H and O–H groups in total. The molecule has 10 heavy (non-hydrogen) atoms. The van der Waals surface area contributed by atoms with Crippen LogP contribution in [0.3, 0.4) is 0 Å². The second-order valence-corrected chi connectivity index (χ2v) is 2.60. The van der Waals surface area contributed by atoms with Crippen molar-refractivity contribution in [3.63, 3.8) is 0 Å². The second kappa shape index (κ2) is 4.91. The molecule has 1 aliphatic heterocycles. The van der Waals surface area contributed by atoms with Gasteiger partial charge in [0.25, 0.3) is 0 Å². The lowest BCUT2D eigenvalue weighted by Gasteiger charge is -2.27. The molecule has 1 fully saturated rings. The Kier molecular flexibility index (Phi) is 4.99. The average molecular weight is 167 g/mol. The van der Waals surface area contributed by atoms with E-state index in [-0.39, 0.29) is 25.1 Å². The predicted molar refractivity (Wildman–Crippen MR) is 43.6 cm³/mol.